The molecular formula is C46H60N6. The fraction of sp³-hybridized carbons (Fsp3) is 0.565. The number of aromatic nitrogens is 4. The third-order valence-electron chi connectivity index (χ3n) is 13.6. The van der Waals surface area contributed by atoms with Crippen molar-refractivity contribution in [2.45, 2.75) is 141 Å². The molecule has 2 saturated heterocycles. The monoisotopic (exact) mass is 696 g/mol. The van der Waals surface area contributed by atoms with Crippen LogP contribution in [-0.2, 0) is 0 Å². The summed E-state index contributed by atoms with van der Waals surface area (Å²) in [5.74, 6) is 1.08. The number of nitrogens with zero attached hydrogens (tertiary/aromatic N) is 4. The summed E-state index contributed by atoms with van der Waals surface area (Å²) in [5, 5.41) is 0. The van der Waals surface area contributed by atoms with Gasteiger partial charge in [0.15, 0.2) is 0 Å². The average Bonchev–Trinajstić information content (AvgIpc) is 4.04. The molecule has 2 aliphatic carbocycles. The van der Waals surface area contributed by atoms with Crippen molar-refractivity contribution in [1.29, 1.82) is 0 Å². The first-order valence-corrected chi connectivity index (χ1v) is 21.3. The van der Waals surface area contributed by atoms with Crippen LogP contribution in [0, 0.1) is 0 Å². The molecule has 2 N–H and O–H groups in total. The maximum absolute atomic E-state index is 5.68. The molecule has 0 spiro atoms. The minimum Gasteiger partial charge on any atom is -0.355 e. The van der Waals surface area contributed by atoms with Crippen molar-refractivity contribution in [2.24, 2.45) is 0 Å². The summed E-state index contributed by atoms with van der Waals surface area (Å²) in [6.07, 6.45) is 29.7. The van der Waals surface area contributed by atoms with E-state index < -0.39 is 0 Å². The number of fused-ring (bicyclic) bond motifs is 8. The molecule has 4 fully saturated rings. The first kappa shape index (κ1) is 34.3. The van der Waals surface area contributed by atoms with E-state index in [1.54, 1.807) is 0 Å². The molecule has 2 unspecified atom stereocenters. The van der Waals surface area contributed by atoms with Crippen molar-refractivity contribution >= 4 is 46.4 Å². The van der Waals surface area contributed by atoms with E-state index in [4.69, 9.17) is 9.97 Å². The van der Waals surface area contributed by atoms with E-state index in [-0.39, 0.29) is 0 Å². The highest BCUT2D eigenvalue weighted by Crippen LogP contribution is 2.43. The first-order valence-electron chi connectivity index (χ1n) is 21.3. The Labute approximate surface area is 311 Å². The molecule has 6 aliphatic rings. The van der Waals surface area contributed by atoms with E-state index in [2.05, 4.69) is 82.2 Å². The number of aromatic amines is 2. The van der Waals surface area contributed by atoms with Crippen molar-refractivity contribution in [2.75, 3.05) is 26.2 Å². The Morgan fingerprint density at radius 1 is 0.462 bits per heavy atom. The minimum absolute atomic E-state index is 0.327. The molecule has 0 amide bonds. The topological polar surface area (TPSA) is 63.8 Å². The fourth-order valence-electron chi connectivity index (χ4n) is 11.0. The molecular weight excluding hydrogens is 637 g/mol. The van der Waals surface area contributed by atoms with Gasteiger partial charge in [0.1, 0.15) is 0 Å². The summed E-state index contributed by atoms with van der Waals surface area (Å²) in [6.45, 7) is 9.08. The zero-order chi connectivity index (χ0) is 35.0. The Morgan fingerprint density at radius 2 is 0.846 bits per heavy atom. The van der Waals surface area contributed by atoms with Crippen LogP contribution < -0.4 is 0 Å². The maximum atomic E-state index is 5.68. The molecule has 7 heterocycles. The highest BCUT2D eigenvalue weighted by Gasteiger charge is 2.32. The molecule has 4 aliphatic heterocycles. The third-order valence-corrected chi connectivity index (χ3v) is 13.6. The third kappa shape index (κ3) is 6.42. The van der Waals surface area contributed by atoms with Gasteiger partial charge in [0.2, 0.25) is 0 Å². The molecule has 3 aromatic heterocycles. The van der Waals surface area contributed by atoms with Gasteiger partial charge >= 0.3 is 0 Å². The number of nitrogens with one attached hydrogen (secondary N) is 2. The van der Waals surface area contributed by atoms with Crippen LogP contribution in [-0.4, -0.2) is 55.9 Å². The van der Waals surface area contributed by atoms with Gasteiger partial charge in [-0.15, -0.1) is 0 Å². The largest absolute Gasteiger partial charge is 0.355 e. The van der Waals surface area contributed by atoms with E-state index >= 15 is 0 Å². The van der Waals surface area contributed by atoms with Gasteiger partial charge in [0.25, 0.3) is 0 Å². The summed E-state index contributed by atoms with van der Waals surface area (Å²) in [5.41, 5.74) is 15.3. The summed E-state index contributed by atoms with van der Waals surface area (Å²) in [6, 6.07) is 10.3. The Balaban J connectivity index is 1.38. The molecule has 0 radical (unpaired) electrons. The molecule has 6 nitrogen and oxygen atoms in total. The van der Waals surface area contributed by atoms with Gasteiger partial charge in [-0.3, -0.25) is 9.80 Å². The number of piperidine rings is 2. The van der Waals surface area contributed by atoms with Crippen LogP contribution >= 0.6 is 0 Å². The highest BCUT2D eigenvalue weighted by molar-refractivity contribution is 5.84. The molecule has 3 aromatic rings. The normalized spacial score (nSPS) is 23.8. The molecule has 6 heteroatoms. The van der Waals surface area contributed by atoms with Gasteiger partial charge < -0.3 is 9.97 Å². The summed E-state index contributed by atoms with van der Waals surface area (Å²) >= 11 is 0. The standard InChI is InChI=1S/C46H60N6/c1-3-51-29-13-11-19-41(51)45-37-25-23-35(48-37)43(31-15-7-5-8-16-31)33-21-22-34(47-33)44(32-17-9-6-10-18-32)36-24-26-38(49-36)46(40-28-27-39(45)50-40)42-20-12-14-30-52(42)4-2/h21-28,31-32,41-42,47-48H,3-20,29-30H2,1-2H3. The fourth-order valence-corrected chi connectivity index (χ4v) is 11.0. The number of rotatable bonds is 6. The van der Waals surface area contributed by atoms with Gasteiger partial charge in [-0.25, -0.2) is 9.97 Å². The molecule has 274 valence electrons. The lowest BCUT2D eigenvalue weighted by molar-refractivity contribution is 0.156. The minimum atomic E-state index is 0.327. The van der Waals surface area contributed by atoms with Crippen molar-refractivity contribution in [3.63, 3.8) is 0 Å². The predicted octanol–water partition coefficient (Wildman–Crippen LogP) is 11.8. The summed E-state index contributed by atoms with van der Waals surface area (Å²) in [4.78, 5) is 24.9. The second-order valence-corrected chi connectivity index (χ2v) is 16.6. The van der Waals surface area contributed by atoms with E-state index in [0.29, 0.717) is 23.9 Å². The van der Waals surface area contributed by atoms with Crippen LogP contribution in [0.1, 0.15) is 186 Å². The Bertz CT molecular complexity index is 1980. The van der Waals surface area contributed by atoms with E-state index in [0.717, 1.165) is 49.7 Å². The van der Waals surface area contributed by atoms with E-state index in [9.17, 15) is 0 Å². The SMILES string of the molecule is CCN1CCCCC1c1c2nc(c(C3CCCCC3)c3ccc([nH]3)c(C3CCCCC3)c3ccc([nH]3)c(C3CCCCN3CC)c3nc1C=C3)C=C2. The Kier molecular flexibility index (Phi) is 9.96. The molecule has 52 heavy (non-hydrogen) atoms. The van der Waals surface area contributed by atoms with Crippen LogP contribution in [0.15, 0.2) is 24.3 Å². The van der Waals surface area contributed by atoms with Crippen LogP contribution in [0.3, 0.4) is 0 Å². The summed E-state index contributed by atoms with van der Waals surface area (Å²) < 4.78 is 0. The lowest BCUT2D eigenvalue weighted by Crippen LogP contribution is -2.34. The van der Waals surface area contributed by atoms with Crippen LogP contribution in [0.2, 0.25) is 0 Å². The lowest BCUT2D eigenvalue weighted by atomic mass is 9.83. The molecule has 8 bridgehead atoms. The van der Waals surface area contributed by atoms with Crippen molar-refractivity contribution in [1.82, 2.24) is 29.7 Å². The van der Waals surface area contributed by atoms with Gasteiger partial charge in [0, 0.05) is 56.4 Å². The molecule has 0 aromatic carbocycles. The number of H-pyrrole nitrogens is 2. The van der Waals surface area contributed by atoms with Crippen LogP contribution in [0.25, 0.3) is 46.4 Å². The van der Waals surface area contributed by atoms with Crippen molar-refractivity contribution in [3.05, 3.63) is 69.3 Å². The van der Waals surface area contributed by atoms with Gasteiger partial charge in [-0.05, 0) is 138 Å². The van der Waals surface area contributed by atoms with Crippen LogP contribution in [0.4, 0.5) is 0 Å². The first-order chi connectivity index (χ1) is 25.7. The molecule has 2 saturated carbocycles. The second kappa shape index (κ2) is 15.1. The second-order valence-electron chi connectivity index (χ2n) is 16.6. The van der Waals surface area contributed by atoms with E-state index in [1.165, 1.54) is 146 Å². The van der Waals surface area contributed by atoms with Crippen LogP contribution in [0.5, 0.6) is 0 Å². The quantitative estimate of drug-likeness (QED) is 0.185. The smallest absolute Gasteiger partial charge is 0.0707 e. The zero-order valence-corrected chi connectivity index (χ0v) is 31.9. The molecule has 2 atom stereocenters. The van der Waals surface area contributed by atoms with Crippen molar-refractivity contribution < 1.29 is 0 Å². The number of hydrogen-bond acceptors (Lipinski definition) is 4. The van der Waals surface area contributed by atoms with Gasteiger partial charge in [-0.1, -0.05) is 65.2 Å². The number of likely N-dealkylation sites (tertiary alicyclic amines) is 2. The average molecular weight is 697 g/mol. The Hall–Kier alpha value is -3.48. The highest BCUT2D eigenvalue weighted by atomic mass is 15.2. The lowest BCUT2D eigenvalue weighted by Gasteiger charge is -2.36. The van der Waals surface area contributed by atoms with Crippen molar-refractivity contribution in [3.8, 4) is 0 Å². The van der Waals surface area contributed by atoms with Gasteiger partial charge in [0.05, 0.1) is 22.8 Å². The predicted molar refractivity (Wildman–Crippen MR) is 218 cm³/mol. The Morgan fingerprint density at radius 3 is 1.35 bits per heavy atom. The van der Waals surface area contributed by atoms with E-state index in [1.807, 2.05) is 0 Å². The zero-order valence-electron chi connectivity index (χ0n) is 31.9. The summed E-state index contributed by atoms with van der Waals surface area (Å²) in [7, 11) is 0. The maximum Gasteiger partial charge on any atom is 0.0707 e. The number of hydrogen-bond donors (Lipinski definition) is 2. The molecule has 9 rings (SSSR count). The van der Waals surface area contributed by atoms with Gasteiger partial charge in [-0.2, -0.15) is 0 Å².